The lowest BCUT2D eigenvalue weighted by atomic mass is 9.77. The van der Waals surface area contributed by atoms with Crippen LogP contribution in [0.5, 0.6) is 5.75 Å². The first-order valence-corrected chi connectivity index (χ1v) is 7.92. The number of non-ortho nitro benzene ring substituents is 1. The molecule has 0 amide bonds. The number of nitriles is 2. The zero-order chi connectivity index (χ0) is 20.6. The standard InChI is InChI=1S/C17H17N3O7/c1-3-26-16(22)12(8-18)15(13(9-19)17(23)27-4-2)11-7-10(20(24)25)5-6-14(11)21/h5-7,12-13,15,21H,3-4H2,1-2H3/t12-,13-/m0/s1. The number of nitro benzene ring substituents is 1. The Morgan fingerprint density at radius 1 is 1.15 bits per heavy atom. The van der Waals surface area contributed by atoms with Gasteiger partial charge in [0.05, 0.1) is 30.3 Å². The molecule has 0 saturated carbocycles. The van der Waals surface area contributed by atoms with Gasteiger partial charge in [-0.15, -0.1) is 0 Å². The molecule has 0 aliphatic rings. The van der Waals surface area contributed by atoms with Gasteiger partial charge in [-0.3, -0.25) is 19.7 Å². The number of hydrogen-bond acceptors (Lipinski definition) is 9. The third-order valence-electron chi connectivity index (χ3n) is 3.66. The van der Waals surface area contributed by atoms with E-state index in [-0.39, 0.29) is 18.8 Å². The van der Waals surface area contributed by atoms with Crippen molar-refractivity contribution in [2.45, 2.75) is 19.8 Å². The van der Waals surface area contributed by atoms with Gasteiger partial charge in [-0.1, -0.05) is 0 Å². The van der Waals surface area contributed by atoms with E-state index in [1.54, 1.807) is 12.1 Å². The Bertz CT molecular complexity index is 774. The Morgan fingerprint density at radius 2 is 1.63 bits per heavy atom. The third-order valence-corrected chi connectivity index (χ3v) is 3.66. The first-order chi connectivity index (χ1) is 12.8. The molecule has 0 saturated heterocycles. The van der Waals surface area contributed by atoms with Crippen LogP contribution in [-0.2, 0) is 19.1 Å². The number of carbonyl (C=O) groups is 2. The largest absolute Gasteiger partial charge is 0.508 e. The van der Waals surface area contributed by atoms with Gasteiger partial charge in [-0.2, -0.15) is 10.5 Å². The molecule has 0 fully saturated rings. The zero-order valence-electron chi connectivity index (χ0n) is 14.6. The van der Waals surface area contributed by atoms with Crippen molar-refractivity contribution in [2.24, 2.45) is 11.8 Å². The highest BCUT2D eigenvalue weighted by molar-refractivity contribution is 5.82. The average Bonchev–Trinajstić information content (AvgIpc) is 2.62. The zero-order valence-corrected chi connectivity index (χ0v) is 14.6. The second-order valence-electron chi connectivity index (χ2n) is 5.24. The number of phenols is 1. The monoisotopic (exact) mass is 375 g/mol. The van der Waals surface area contributed by atoms with Crippen molar-refractivity contribution in [1.82, 2.24) is 0 Å². The van der Waals surface area contributed by atoms with E-state index < -0.39 is 46.1 Å². The summed E-state index contributed by atoms with van der Waals surface area (Å²) in [6.45, 7) is 2.86. The van der Waals surface area contributed by atoms with Crippen LogP contribution in [0.25, 0.3) is 0 Å². The molecule has 0 unspecified atom stereocenters. The molecule has 0 aliphatic carbocycles. The van der Waals surface area contributed by atoms with E-state index in [2.05, 4.69) is 0 Å². The van der Waals surface area contributed by atoms with Gasteiger partial charge < -0.3 is 14.6 Å². The van der Waals surface area contributed by atoms with Crippen molar-refractivity contribution in [2.75, 3.05) is 13.2 Å². The summed E-state index contributed by atoms with van der Waals surface area (Å²) in [4.78, 5) is 34.7. The summed E-state index contributed by atoms with van der Waals surface area (Å²) in [6, 6.07) is 6.22. The Balaban J connectivity index is 3.64. The van der Waals surface area contributed by atoms with Crippen LogP contribution in [0.2, 0.25) is 0 Å². The molecule has 10 nitrogen and oxygen atoms in total. The molecule has 2 atom stereocenters. The van der Waals surface area contributed by atoms with Gasteiger partial charge in [0.15, 0.2) is 11.8 Å². The maximum absolute atomic E-state index is 12.2. The van der Waals surface area contributed by atoms with Crippen LogP contribution in [0.3, 0.4) is 0 Å². The van der Waals surface area contributed by atoms with E-state index in [9.17, 15) is 35.3 Å². The topological polar surface area (TPSA) is 164 Å². The third kappa shape index (κ3) is 4.92. The molecule has 10 heteroatoms. The summed E-state index contributed by atoms with van der Waals surface area (Å²) in [6.07, 6.45) is 0. The summed E-state index contributed by atoms with van der Waals surface area (Å²) >= 11 is 0. The quantitative estimate of drug-likeness (QED) is 0.405. The summed E-state index contributed by atoms with van der Waals surface area (Å²) in [7, 11) is 0. The van der Waals surface area contributed by atoms with Crippen LogP contribution in [0, 0.1) is 44.6 Å². The molecule has 1 rings (SSSR count). The van der Waals surface area contributed by atoms with E-state index >= 15 is 0 Å². The number of phenolic OH excluding ortho intramolecular Hbond substituents is 1. The highest BCUT2D eigenvalue weighted by Gasteiger charge is 2.43. The van der Waals surface area contributed by atoms with Crippen molar-refractivity contribution >= 4 is 17.6 Å². The van der Waals surface area contributed by atoms with Gasteiger partial charge >= 0.3 is 11.9 Å². The first-order valence-electron chi connectivity index (χ1n) is 7.92. The molecule has 1 N–H and O–H groups in total. The number of rotatable bonds is 8. The van der Waals surface area contributed by atoms with Crippen LogP contribution in [-0.4, -0.2) is 35.2 Å². The van der Waals surface area contributed by atoms with Crippen LogP contribution in [0.1, 0.15) is 25.3 Å². The number of aromatic hydroxyl groups is 1. The summed E-state index contributed by atoms with van der Waals surface area (Å²) in [5.41, 5.74) is -0.725. The molecule has 27 heavy (non-hydrogen) atoms. The molecular weight excluding hydrogens is 358 g/mol. The number of benzene rings is 1. The fourth-order valence-corrected chi connectivity index (χ4v) is 2.50. The molecule has 0 aromatic heterocycles. The molecule has 1 aromatic rings. The first kappa shape index (κ1) is 21.4. The average molecular weight is 375 g/mol. The van der Waals surface area contributed by atoms with E-state index in [0.29, 0.717) is 0 Å². The normalized spacial score (nSPS) is 12.3. The minimum atomic E-state index is -1.67. The van der Waals surface area contributed by atoms with Crippen molar-refractivity contribution in [3.05, 3.63) is 33.9 Å². The van der Waals surface area contributed by atoms with Gasteiger partial charge in [-0.25, -0.2) is 0 Å². The van der Waals surface area contributed by atoms with Crippen LogP contribution < -0.4 is 0 Å². The molecule has 0 radical (unpaired) electrons. The Kier molecular flexibility index (Phi) is 7.70. The van der Waals surface area contributed by atoms with Crippen molar-refractivity contribution in [3.63, 3.8) is 0 Å². The lowest BCUT2D eigenvalue weighted by molar-refractivity contribution is -0.385. The summed E-state index contributed by atoms with van der Waals surface area (Å²) < 4.78 is 9.62. The number of hydrogen-bond donors (Lipinski definition) is 1. The number of nitro groups is 1. The van der Waals surface area contributed by atoms with E-state index in [1.165, 1.54) is 13.8 Å². The van der Waals surface area contributed by atoms with E-state index in [0.717, 1.165) is 18.2 Å². The van der Waals surface area contributed by atoms with Gasteiger partial charge in [0, 0.05) is 23.6 Å². The Labute approximate surface area is 154 Å². The maximum Gasteiger partial charge on any atom is 0.324 e. The second kappa shape index (κ2) is 9.73. The lowest BCUT2D eigenvalue weighted by Crippen LogP contribution is -2.33. The summed E-state index contributed by atoms with van der Waals surface area (Å²) in [5, 5.41) is 40.1. The lowest BCUT2D eigenvalue weighted by Gasteiger charge is -2.24. The number of ether oxygens (including phenoxy) is 2. The van der Waals surface area contributed by atoms with E-state index in [4.69, 9.17) is 9.47 Å². The Morgan fingerprint density at radius 3 is 2.00 bits per heavy atom. The number of carbonyl (C=O) groups excluding carboxylic acids is 2. The predicted octanol–water partition coefficient (Wildman–Crippen LogP) is 1.79. The summed E-state index contributed by atoms with van der Waals surface area (Å²) in [5.74, 6) is -7.45. The smallest absolute Gasteiger partial charge is 0.324 e. The highest BCUT2D eigenvalue weighted by atomic mass is 16.6. The van der Waals surface area contributed by atoms with E-state index in [1.807, 2.05) is 0 Å². The van der Waals surface area contributed by atoms with Crippen LogP contribution in [0.4, 0.5) is 5.69 Å². The molecule has 0 heterocycles. The fraction of sp³-hybridized carbons (Fsp3) is 0.412. The molecule has 0 bridgehead atoms. The minimum Gasteiger partial charge on any atom is -0.508 e. The van der Waals surface area contributed by atoms with Crippen molar-refractivity contribution in [1.29, 1.82) is 10.5 Å². The molecule has 0 spiro atoms. The van der Waals surface area contributed by atoms with Crippen LogP contribution in [0.15, 0.2) is 18.2 Å². The van der Waals surface area contributed by atoms with Gasteiger partial charge in [0.1, 0.15) is 5.75 Å². The molecule has 1 aromatic carbocycles. The molecular formula is C17H17N3O7. The number of esters is 2. The molecule has 0 aliphatic heterocycles. The highest BCUT2D eigenvalue weighted by Crippen LogP contribution is 2.40. The van der Waals surface area contributed by atoms with Crippen molar-refractivity contribution < 1.29 is 29.1 Å². The Hall–Kier alpha value is -3.66. The van der Waals surface area contributed by atoms with Gasteiger partial charge in [-0.05, 0) is 19.9 Å². The fourth-order valence-electron chi connectivity index (χ4n) is 2.50. The maximum atomic E-state index is 12.2. The van der Waals surface area contributed by atoms with Crippen molar-refractivity contribution in [3.8, 4) is 17.9 Å². The van der Waals surface area contributed by atoms with Gasteiger partial charge in [0.2, 0.25) is 0 Å². The molecule has 142 valence electrons. The van der Waals surface area contributed by atoms with Gasteiger partial charge in [0.25, 0.3) is 5.69 Å². The SMILES string of the molecule is CCOC(=O)[C@@H](C#N)C(c1cc([N+](=O)[O-])ccc1O)[C@H](C#N)C(=O)OCC. The minimum absolute atomic E-state index is 0.0682. The second-order valence-corrected chi connectivity index (χ2v) is 5.24. The predicted molar refractivity (Wildman–Crippen MR) is 89.0 cm³/mol. The number of nitrogens with zero attached hydrogens (tertiary/aromatic N) is 3. The van der Waals surface area contributed by atoms with Crippen LogP contribution >= 0.6 is 0 Å².